The molecule has 11 nitrogen and oxygen atoms in total. The number of amides is 1. The Kier molecular flexibility index (Phi) is 4.91. The number of piperazine rings is 1. The maximum atomic E-state index is 13.0. The van der Waals surface area contributed by atoms with Crippen LogP contribution < -0.4 is 10.2 Å². The van der Waals surface area contributed by atoms with Crippen LogP contribution in [0.1, 0.15) is 10.4 Å². The summed E-state index contributed by atoms with van der Waals surface area (Å²) in [6.45, 7) is 2.75. The second-order valence-electron chi connectivity index (χ2n) is 7.91. The van der Waals surface area contributed by atoms with Crippen LogP contribution in [0.4, 0.5) is 17.3 Å². The van der Waals surface area contributed by atoms with Gasteiger partial charge in [-0.3, -0.25) is 4.79 Å². The van der Waals surface area contributed by atoms with Gasteiger partial charge in [-0.25, -0.2) is 15.0 Å². The van der Waals surface area contributed by atoms with Crippen molar-refractivity contribution in [3.8, 4) is 0 Å². The fourth-order valence-corrected chi connectivity index (χ4v) is 4.11. The van der Waals surface area contributed by atoms with Crippen molar-refractivity contribution in [2.75, 3.05) is 36.4 Å². The van der Waals surface area contributed by atoms with Crippen molar-refractivity contribution in [3.05, 3.63) is 72.7 Å². The average molecular weight is 452 g/mol. The molecular formula is C23H20N10O. The zero-order valence-electron chi connectivity index (χ0n) is 18.1. The van der Waals surface area contributed by atoms with Crippen molar-refractivity contribution >= 4 is 39.9 Å². The second kappa shape index (κ2) is 8.35. The fraction of sp³-hybridized carbons (Fsp3) is 0.174. The lowest BCUT2D eigenvalue weighted by Gasteiger charge is -2.35. The molecule has 1 amide bonds. The molecule has 0 spiro atoms. The molecule has 0 radical (unpaired) electrons. The first kappa shape index (κ1) is 20.0. The second-order valence-corrected chi connectivity index (χ2v) is 7.91. The molecule has 6 rings (SSSR count). The quantitative estimate of drug-likeness (QED) is 0.438. The number of carbonyl (C=O) groups excluding carboxylic acids is 1. The molecule has 0 atom stereocenters. The minimum atomic E-state index is 0.0155. The van der Waals surface area contributed by atoms with Crippen molar-refractivity contribution in [1.29, 1.82) is 0 Å². The smallest absolute Gasteiger partial charge is 0.253 e. The number of anilines is 3. The number of para-hydroxylation sites is 2. The first-order valence-corrected chi connectivity index (χ1v) is 10.9. The van der Waals surface area contributed by atoms with E-state index in [0.29, 0.717) is 30.1 Å². The van der Waals surface area contributed by atoms with E-state index >= 15 is 0 Å². The maximum absolute atomic E-state index is 13.0. The maximum Gasteiger partial charge on any atom is 0.253 e. The van der Waals surface area contributed by atoms with Crippen LogP contribution in [0.2, 0.25) is 0 Å². The molecule has 2 aromatic carbocycles. The highest BCUT2D eigenvalue weighted by Crippen LogP contribution is 2.23. The van der Waals surface area contributed by atoms with E-state index in [-0.39, 0.29) is 5.91 Å². The van der Waals surface area contributed by atoms with Gasteiger partial charge >= 0.3 is 0 Å². The Morgan fingerprint density at radius 3 is 2.56 bits per heavy atom. The predicted molar refractivity (Wildman–Crippen MR) is 126 cm³/mol. The van der Waals surface area contributed by atoms with Crippen LogP contribution >= 0.6 is 0 Å². The van der Waals surface area contributed by atoms with Gasteiger partial charge in [-0.05, 0) is 52.9 Å². The molecule has 1 aliphatic rings. The van der Waals surface area contributed by atoms with Gasteiger partial charge in [0.1, 0.15) is 12.1 Å². The topological polar surface area (TPSA) is 117 Å². The minimum Gasteiger partial charge on any atom is -0.353 e. The highest BCUT2D eigenvalue weighted by Gasteiger charge is 2.23. The fourth-order valence-electron chi connectivity index (χ4n) is 4.11. The third-order valence-corrected chi connectivity index (χ3v) is 5.88. The summed E-state index contributed by atoms with van der Waals surface area (Å²) in [6, 6.07) is 16.9. The molecule has 4 heterocycles. The molecule has 0 saturated carbocycles. The van der Waals surface area contributed by atoms with Crippen LogP contribution in [-0.4, -0.2) is 72.0 Å². The summed E-state index contributed by atoms with van der Waals surface area (Å²) in [7, 11) is 0. The van der Waals surface area contributed by atoms with Crippen LogP contribution in [0.3, 0.4) is 0 Å². The van der Waals surface area contributed by atoms with E-state index in [0.717, 1.165) is 35.6 Å². The predicted octanol–water partition coefficient (Wildman–Crippen LogP) is 2.17. The Morgan fingerprint density at radius 2 is 1.76 bits per heavy atom. The minimum absolute atomic E-state index is 0.0155. The summed E-state index contributed by atoms with van der Waals surface area (Å²) in [5.74, 6) is 1.45. The molecule has 5 aromatic rings. The van der Waals surface area contributed by atoms with Gasteiger partial charge in [-0.2, -0.15) is 4.52 Å². The van der Waals surface area contributed by atoms with E-state index in [2.05, 4.69) is 40.7 Å². The molecule has 168 valence electrons. The van der Waals surface area contributed by atoms with Gasteiger partial charge in [0.05, 0.1) is 11.0 Å². The number of benzene rings is 2. The summed E-state index contributed by atoms with van der Waals surface area (Å²) in [6.07, 6.45) is 3.27. The number of carbonyl (C=O) groups is 1. The lowest BCUT2D eigenvalue weighted by atomic mass is 10.1. The number of hydrogen-bond acceptors (Lipinski definition) is 9. The number of rotatable bonds is 4. The summed E-state index contributed by atoms with van der Waals surface area (Å²) in [5.41, 5.74) is 3.56. The van der Waals surface area contributed by atoms with E-state index in [4.69, 9.17) is 0 Å². The molecular weight excluding hydrogens is 432 g/mol. The van der Waals surface area contributed by atoms with Gasteiger partial charge in [0, 0.05) is 43.6 Å². The van der Waals surface area contributed by atoms with E-state index in [1.807, 2.05) is 59.5 Å². The molecule has 34 heavy (non-hydrogen) atoms. The first-order chi connectivity index (χ1) is 16.8. The molecule has 1 saturated heterocycles. The molecule has 0 bridgehead atoms. The zero-order valence-corrected chi connectivity index (χ0v) is 18.1. The third kappa shape index (κ3) is 3.62. The number of tetrazole rings is 1. The molecule has 1 fully saturated rings. The number of nitrogens with zero attached hydrogens (tertiary/aromatic N) is 9. The Bertz CT molecular complexity index is 1460. The number of nitrogens with one attached hydrogen (secondary N) is 1. The third-order valence-electron chi connectivity index (χ3n) is 5.88. The van der Waals surface area contributed by atoms with Gasteiger partial charge in [0.15, 0.2) is 5.82 Å². The van der Waals surface area contributed by atoms with E-state index in [9.17, 15) is 4.79 Å². The van der Waals surface area contributed by atoms with Crippen LogP contribution in [0.25, 0.3) is 16.7 Å². The van der Waals surface area contributed by atoms with Gasteiger partial charge in [0.25, 0.3) is 5.91 Å². The summed E-state index contributed by atoms with van der Waals surface area (Å²) < 4.78 is 1.66. The van der Waals surface area contributed by atoms with Crippen molar-refractivity contribution in [2.45, 2.75) is 0 Å². The highest BCUT2D eigenvalue weighted by atomic mass is 16.2. The van der Waals surface area contributed by atoms with Gasteiger partial charge in [-0.1, -0.05) is 12.1 Å². The van der Waals surface area contributed by atoms with E-state index < -0.39 is 0 Å². The van der Waals surface area contributed by atoms with Crippen molar-refractivity contribution in [1.82, 2.24) is 39.9 Å². The van der Waals surface area contributed by atoms with Crippen molar-refractivity contribution in [2.24, 2.45) is 0 Å². The lowest BCUT2D eigenvalue weighted by molar-refractivity contribution is 0.0746. The normalized spacial score (nSPS) is 14.0. The lowest BCUT2D eigenvalue weighted by Crippen LogP contribution is -2.49. The van der Waals surface area contributed by atoms with Gasteiger partial charge in [-0.15, -0.1) is 5.10 Å². The van der Waals surface area contributed by atoms with Crippen LogP contribution in [-0.2, 0) is 0 Å². The van der Waals surface area contributed by atoms with Crippen molar-refractivity contribution < 1.29 is 4.79 Å². The summed E-state index contributed by atoms with van der Waals surface area (Å²) >= 11 is 0. The van der Waals surface area contributed by atoms with Crippen LogP contribution in [0.15, 0.2) is 67.1 Å². The summed E-state index contributed by atoms with van der Waals surface area (Å²) in [4.78, 5) is 30.0. The molecule has 0 unspecified atom stereocenters. The highest BCUT2D eigenvalue weighted by molar-refractivity contribution is 5.95. The van der Waals surface area contributed by atoms with Crippen LogP contribution in [0, 0.1) is 0 Å². The number of aromatic nitrogens is 7. The largest absolute Gasteiger partial charge is 0.353 e. The van der Waals surface area contributed by atoms with E-state index in [1.165, 1.54) is 0 Å². The molecule has 1 aliphatic heterocycles. The monoisotopic (exact) mass is 452 g/mol. The first-order valence-electron chi connectivity index (χ1n) is 10.9. The van der Waals surface area contributed by atoms with Gasteiger partial charge in [0.2, 0.25) is 5.65 Å². The Labute approximate surface area is 194 Å². The molecule has 1 N–H and O–H groups in total. The summed E-state index contributed by atoms with van der Waals surface area (Å²) in [5, 5.41) is 15.2. The number of hydrogen-bond donors (Lipinski definition) is 1. The Balaban J connectivity index is 1.16. The standard InChI is InChI=1S/C23H20N10O/c34-23(32-13-11-31(12-14-32)20-9-10-24-15-25-20)16-5-7-17(8-6-16)26-21-22-28-29-30-33(22)19-4-2-1-3-18(19)27-21/h1-10,15H,11-14H2,(H,26,27). The average Bonchev–Trinajstić information content (AvgIpc) is 3.40. The van der Waals surface area contributed by atoms with Crippen molar-refractivity contribution in [3.63, 3.8) is 0 Å². The zero-order chi connectivity index (χ0) is 22.9. The SMILES string of the molecule is O=C(c1ccc(Nc2nc3ccccc3n3nnnc23)cc1)N1CCN(c2ccncn2)CC1. The molecule has 3 aromatic heterocycles. The Morgan fingerprint density at radius 1 is 0.941 bits per heavy atom. The molecule has 0 aliphatic carbocycles. The van der Waals surface area contributed by atoms with Crippen LogP contribution in [0.5, 0.6) is 0 Å². The van der Waals surface area contributed by atoms with Gasteiger partial charge < -0.3 is 15.1 Å². The molecule has 11 heteroatoms. The van der Waals surface area contributed by atoms with E-state index in [1.54, 1.807) is 17.0 Å². The number of fused-ring (bicyclic) bond motifs is 3. The Hall–Kier alpha value is -4.67.